The summed E-state index contributed by atoms with van der Waals surface area (Å²) < 4.78 is 6.33. The van der Waals surface area contributed by atoms with Gasteiger partial charge in [-0.1, -0.05) is 53.5 Å². The van der Waals surface area contributed by atoms with Crippen LogP contribution in [0.25, 0.3) is 0 Å². The third-order valence-electron chi connectivity index (χ3n) is 7.84. The minimum atomic E-state index is -0.146. The number of ether oxygens (including phenoxy) is 1. The van der Waals surface area contributed by atoms with Crippen LogP contribution in [-0.2, 0) is 16.9 Å². The molecule has 1 atom stereocenters. The number of hydrogen-bond acceptors (Lipinski definition) is 4. The van der Waals surface area contributed by atoms with E-state index in [0.717, 1.165) is 44.5 Å². The van der Waals surface area contributed by atoms with Crippen molar-refractivity contribution in [1.82, 2.24) is 9.80 Å². The summed E-state index contributed by atoms with van der Waals surface area (Å²) in [5.41, 5.74) is 4.15. The van der Waals surface area contributed by atoms with Crippen LogP contribution < -0.4 is 0 Å². The largest absolute Gasteiger partial charge is 0.508 e. The van der Waals surface area contributed by atoms with Gasteiger partial charge in [-0.3, -0.25) is 4.79 Å². The number of likely N-dealkylation sites (N-methyl/N-ethyl adjacent to an activating group) is 1. The Labute approximate surface area is 228 Å². The normalized spacial score (nSPS) is 17.5. The first kappa shape index (κ1) is 26.1. The van der Waals surface area contributed by atoms with E-state index in [2.05, 4.69) is 29.2 Å². The molecule has 0 bridgehead atoms. The number of nitrogens with zero attached hydrogens (tertiary/aromatic N) is 2. The van der Waals surface area contributed by atoms with Crippen LogP contribution in [0.4, 0.5) is 0 Å². The zero-order valence-electron chi connectivity index (χ0n) is 21.0. The van der Waals surface area contributed by atoms with Gasteiger partial charge < -0.3 is 19.6 Å². The summed E-state index contributed by atoms with van der Waals surface area (Å²) in [6, 6.07) is 20.7. The lowest BCUT2D eigenvalue weighted by Crippen LogP contribution is -2.43. The van der Waals surface area contributed by atoms with Crippen molar-refractivity contribution in [2.45, 2.75) is 37.4 Å². The van der Waals surface area contributed by atoms with Crippen LogP contribution in [0.5, 0.6) is 5.75 Å². The first-order valence-electron chi connectivity index (χ1n) is 12.8. The molecule has 7 heteroatoms. The molecule has 0 saturated carbocycles. The van der Waals surface area contributed by atoms with E-state index in [0.29, 0.717) is 28.8 Å². The van der Waals surface area contributed by atoms with Gasteiger partial charge in [-0.25, -0.2) is 0 Å². The zero-order valence-corrected chi connectivity index (χ0v) is 22.5. The molecule has 2 heterocycles. The number of benzene rings is 3. The van der Waals surface area contributed by atoms with E-state index in [-0.39, 0.29) is 23.2 Å². The average molecular weight is 540 g/mol. The molecule has 2 aliphatic heterocycles. The monoisotopic (exact) mass is 538 g/mol. The molecule has 5 nitrogen and oxygen atoms in total. The van der Waals surface area contributed by atoms with Crippen molar-refractivity contribution in [3.63, 3.8) is 0 Å². The Morgan fingerprint density at radius 3 is 2.51 bits per heavy atom. The van der Waals surface area contributed by atoms with E-state index in [1.807, 2.05) is 25.2 Å². The van der Waals surface area contributed by atoms with Crippen molar-refractivity contribution in [2.24, 2.45) is 0 Å². The summed E-state index contributed by atoms with van der Waals surface area (Å²) >= 11 is 12.6. The van der Waals surface area contributed by atoms with Crippen molar-refractivity contribution in [1.29, 1.82) is 0 Å². The molecule has 0 aromatic heterocycles. The Morgan fingerprint density at radius 1 is 1.05 bits per heavy atom. The van der Waals surface area contributed by atoms with Crippen LogP contribution in [0.2, 0.25) is 10.0 Å². The number of aromatic hydroxyl groups is 1. The molecular weight excluding hydrogens is 507 g/mol. The fourth-order valence-corrected chi connectivity index (χ4v) is 5.95. The standard InChI is InChI=1S/C30H32Cl2N2O3/c1-33(29(36)21-6-9-25(35)10-7-21)19-23(22-8-11-27(31)28(32)18-22)12-15-34-16-13-30(14-17-34)26-5-3-2-4-24(26)20-37-30/h2-11,18,23,35H,12-17,19-20H2,1H3. The fourth-order valence-electron chi connectivity index (χ4n) is 5.64. The summed E-state index contributed by atoms with van der Waals surface area (Å²) in [6.45, 7) is 4.13. The quantitative estimate of drug-likeness (QED) is 0.374. The Bertz CT molecular complexity index is 1260. The van der Waals surface area contributed by atoms with E-state index in [1.54, 1.807) is 17.0 Å². The third kappa shape index (κ3) is 5.65. The second kappa shape index (κ2) is 11.0. The van der Waals surface area contributed by atoms with Crippen molar-refractivity contribution >= 4 is 29.1 Å². The van der Waals surface area contributed by atoms with Crippen LogP contribution in [0.3, 0.4) is 0 Å². The number of halogens is 2. The molecule has 1 amide bonds. The first-order chi connectivity index (χ1) is 17.8. The number of piperidine rings is 1. The van der Waals surface area contributed by atoms with Gasteiger partial charge in [-0.2, -0.15) is 0 Å². The lowest BCUT2D eigenvalue weighted by Gasteiger charge is -2.40. The maximum atomic E-state index is 13.1. The van der Waals surface area contributed by atoms with Crippen molar-refractivity contribution in [3.05, 3.63) is 99.0 Å². The maximum Gasteiger partial charge on any atom is 0.253 e. The number of phenols is 1. The van der Waals surface area contributed by atoms with Crippen molar-refractivity contribution in [3.8, 4) is 5.75 Å². The van der Waals surface area contributed by atoms with E-state index in [1.165, 1.54) is 23.3 Å². The van der Waals surface area contributed by atoms with E-state index in [4.69, 9.17) is 27.9 Å². The molecule has 194 valence electrons. The van der Waals surface area contributed by atoms with Crippen molar-refractivity contribution in [2.75, 3.05) is 33.2 Å². The van der Waals surface area contributed by atoms with Gasteiger partial charge in [0, 0.05) is 38.2 Å². The highest BCUT2D eigenvalue weighted by Gasteiger charge is 2.42. The van der Waals surface area contributed by atoms with Crippen molar-refractivity contribution < 1.29 is 14.6 Å². The lowest BCUT2D eigenvalue weighted by molar-refractivity contribution is -0.0790. The highest BCUT2D eigenvalue weighted by atomic mass is 35.5. The Hall–Kier alpha value is -2.57. The summed E-state index contributed by atoms with van der Waals surface area (Å²) in [5, 5.41) is 10.6. The Balaban J connectivity index is 1.25. The Kier molecular flexibility index (Phi) is 7.77. The van der Waals surface area contributed by atoms with Crippen LogP contribution in [-0.4, -0.2) is 54.0 Å². The van der Waals surface area contributed by atoms with Gasteiger partial charge in [0.05, 0.1) is 22.3 Å². The van der Waals surface area contributed by atoms with Gasteiger partial charge in [0.15, 0.2) is 0 Å². The SMILES string of the molecule is CN(CC(CCN1CCC2(CC1)OCc1ccccc12)c1ccc(Cl)c(Cl)c1)C(=O)c1ccc(O)cc1. The third-order valence-corrected chi connectivity index (χ3v) is 8.58. The van der Waals surface area contributed by atoms with Gasteiger partial charge in [0.2, 0.25) is 0 Å². The minimum Gasteiger partial charge on any atom is -0.508 e. The molecular formula is C30H32Cl2N2O3. The van der Waals surface area contributed by atoms with Gasteiger partial charge in [-0.15, -0.1) is 0 Å². The second-order valence-corrected chi connectivity index (χ2v) is 11.0. The summed E-state index contributed by atoms with van der Waals surface area (Å²) in [5.74, 6) is 0.157. The number of likely N-dealkylation sites (tertiary alicyclic amines) is 1. The molecule has 1 N–H and O–H groups in total. The number of hydrogen-bond donors (Lipinski definition) is 1. The van der Waals surface area contributed by atoms with Crippen LogP contribution >= 0.6 is 23.2 Å². The van der Waals surface area contributed by atoms with E-state index in [9.17, 15) is 9.90 Å². The Morgan fingerprint density at radius 2 is 1.78 bits per heavy atom. The van der Waals surface area contributed by atoms with Gasteiger partial charge in [-0.05, 0) is 78.9 Å². The van der Waals surface area contributed by atoms with E-state index >= 15 is 0 Å². The van der Waals surface area contributed by atoms with Gasteiger partial charge >= 0.3 is 0 Å². The molecule has 1 saturated heterocycles. The maximum absolute atomic E-state index is 13.1. The average Bonchev–Trinajstić information content (AvgIpc) is 3.27. The zero-order chi connectivity index (χ0) is 26.0. The highest BCUT2D eigenvalue weighted by molar-refractivity contribution is 6.42. The molecule has 37 heavy (non-hydrogen) atoms. The molecule has 0 radical (unpaired) electrons. The highest BCUT2D eigenvalue weighted by Crippen LogP contribution is 2.44. The molecule has 3 aromatic carbocycles. The summed E-state index contributed by atoms with van der Waals surface area (Å²) in [6.07, 6.45) is 2.86. The van der Waals surface area contributed by atoms with E-state index < -0.39 is 0 Å². The fraction of sp³-hybridized carbons (Fsp3) is 0.367. The predicted octanol–water partition coefficient (Wildman–Crippen LogP) is 6.47. The molecule has 1 spiro atoms. The smallest absolute Gasteiger partial charge is 0.253 e. The summed E-state index contributed by atoms with van der Waals surface area (Å²) in [7, 11) is 1.82. The molecule has 1 fully saturated rings. The van der Waals surface area contributed by atoms with Gasteiger partial charge in [0.1, 0.15) is 5.75 Å². The number of fused-ring (bicyclic) bond motifs is 2. The van der Waals surface area contributed by atoms with Gasteiger partial charge in [0.25, 0.3) is 5.91 Å². The predicted molar refractivity (Wildman–Crippen MR) is 147 cm³/mol. The minimum absolute atomic E-state index is 0.0815. The number of carbonyl (C=O) groups is 1. The molecule has 2 aliphatic rings. The molecule has 5 rings (SSSR count). The number of carbonyl (C=O) groups excluding carboxylic acids is 1. The first-order valence-corrected chi connectivity index (χ1v) is 13.5. The number of rotatable bonds is 7. The molecule has 0 aliphatic carbocycles. The second-order valence-electron chi connectivity index (χ2n) is 10.2. The summed E-state index contributed by atoms with van der Waals surface area (Å²) in [4.78, 5) is 17.3. The number of amides is 1. The van der Waals surface area contributed by atoms with Crippen LogP contribution in [0.1, 0.15) is 52.2 Å². The number of phenolic OH excluding ortho intramolecular Hbond substituents is 1. The lowest BCUT2D eigenvalue weighted by atomic mass is 9.83. The van der Waals surface area contributed by atoms with Crippen LogP contribution in [0, 0.1) is 0 Å². The topological polar surface area (TPSA) is 53.0 Å². The molecule has 3 aromatic rings. The molecule has 1 unspecified atom stereocenters. The van der Waals surface area contributed by atoms with Crippen LogP contribution in [0.15, 0.2) is 66.7 Å².